The first-order valence-electron chi connectivity index (χ1n) is 6.45. The number of carbonyl (C=O) groups excluding carboxylic acids is 2. The van der Waals surface area contributed by atoms with E-state index in [2.05, 4.69) is 22.5 Å². The van der Waals surface area contributed by atoms with Crippen LogP contribution >= 0.6 is 15.9 Å². The molecule has 0 bridgehead atoms. The predicted molar refractivity (Wildman–Crippen MR) is 84.7 cm³/mol. The number of nitrogens with two attached hydrogens (primary N) is 1. The van der Waals surface area contributed by atoms with Gasteiger partial charge in [-0.2, -0.15) is 0 Å². The van der Waals surface area contributed by atoms with Crippen LogP contribution in [0.2, 0.25) is 0 Å². The zero-order valence-corrected chi connectivity index (χ0v) is 12.8. The van der Waals surface area contributed by atoms with Crippen LogP contribution in [0.3, 0.4) is 0 Å². The highest BCUT2D eigenvalue weighted by molar-refractivity contribution is 9.10. The Hall–Kier alpha value is -2.14. The maximum absolute atomic E-state index is 12.4. The molecule has 0 atom stereocenters. The van der Waals surface area contributed by atoms with Crippen molar-refractivity contribution in [2.75, 3.05) is 6.54 Å². The smallest absolute Gasteiger partial charge is 0.254 e. The van der Waals surface area contributed by atoms with E-state index in [4.69, 9.17) is 5.73 Å². The molecule has 0 aliphatic carbocycles. The number of carbonyl (C=O) groups is 2. The van der Waals surface area contributed by atoms with Crippen molar-refractivity contribution >= 4 is 38.5 Å². The van der Waals surface area contributed by atoms with Crippen LogP contribution < -0.4 is 5.73 Å². The van der Waals surface area contributed by atoms with Crippen molar-refractivity contribution in [2.24, 2.45) is 5.73 Å². The van der Waals surface area contributed by atoms with Crippen LogP contribution in [0.5, 0.6) is 0 Å². The van der Waals surface area contributed by atoms with Gasteiger partial charge in [-0.15, -0.1) is 0 Å². The molecule has 106 valence electrons. The quantitative estimate of drug-likeness (QED) is 0.869. The van der Waals surface area contributed by atoms with E-state index in [-0.39, 0.29) is 18.0 Å². The predicted octanol–water partition coefficient (Wildman–Crippen LogP) is 2.60. The highest BCUT2D eigenvalue weighted by Gasteiger charge is 2.29. The van der Waals surface area contributed by atoms with Gasteiger partial charge in [-0.3, -0.25) is 9.59 Å². The van der Waals surface area contributed by atoms with Gasteiger partial charge in [-0.1, -0.05) is 34.6 Å². The molecule has 0 aromatic heterocycles. The highest BCUT2D eigenvalue weighted by Crippen LogP contribution is 2.32. The molecule has 0 spiro atoms. The summed E-state index contributed by atoms with van der Waals surface area (Å²) in [6, 6.07) is 9.76. The van der Waals surface area contributed by atoms with E-state index >= 15 is 0 Å². The summed E-state index contributed by atoms with van der Waals surface area (Å²) >= 11 is 3.46. The molecule has 2 amide bonds. The molecule has 2 aromatic carbocycles. The maximum atomic E-state index is 12.4. The number of halogens is 1. The summed E-state index contributed by atoms with van der Waals surface area (Å²) in [6.45, 7) is 4.25. The summed E-state index contributed by atoms with van der Waals surface area (Å²) < 4.78 is 0.968. The Morgan fingerprint density at radius 3 is 2.76 bits per heavy atom. The summed E-state index contributed by atoms with van der Waals surface area (Å²) in [5, 5.41) is 2.13. The van der Waals surface area contributed by atoms with Crippen LogP contribution in [0.15, 0.2) is 47.0 Å². The Balaban J connectivity index is 2.02. The van der Waals surface area contributed by atoms with Gasteiger partial charge in [0.05, 0.1) is 6.54 Å². The lowest BCUT2D eigenvalue weighted by atomic mass is 10.0. The van der Waals surface area contributed by atoms with Crippen molar-refractivity contribution in [1.82, 2.24) is 4.90 Å². The summed E-state index contributed by atoms with van der Waals surface area (Å²) in [7, 11) is 0. The Bertz CT molecular complexity index is 798. The second kappa shape index (κ2) is 5.00. The van der Waals surface area contributed by atoms with Crippen LogP contribution in [0, 0.1) is 0 Å². The molecule has 1 aliphatic heterocycles. The minimum atomic E-state index is -0.577. The van der Waals surface area contributed by atoms with Crippen LogP contribution in [0.1, 0.15) is 15.9 Å². The molecule has 0 saturated heterocycles. The average molecular weight is 345 g/mol. The SMILES string of the molecule is C=C(CN1Cc2c(ccc3ccc(Br)cc23)C1=O)C(N)=O. The molecule has 2 aromatic rings. The number of hydrogen-bond acceptors (Lipinski definition) is 2. The number of hydrogen-bond donors (Lipinski definition) is 1. The molecule has 2 N–H and O–H groups in total. The summed E-state index contributed by atoms with van der Waals surface area (Å²) in [5.41, 5.74) is 7.09. The van der Waals surface area contributed by atoms with E-state index in [0.29, 0.717) is 12.1 Å². The fraction of sp³-hybridized carbons (Fsp3) is 0.125. The fourth-order valence-corrected chi connectivity index (χ4v) is 2.95. The topological polar surface area (TPSA) is 63.4 Å². The van der Waals surface area contributed by atoms with Gasteiger partial charge in [0.2, 0.25) is 5.91 Å². The van der Waals surface area contributed by atoms with Gasteiger partial charge in [0.25, 0.3) is 5.91 Å². The van der Waals surface area contributed by atoms with E-state index in [0.717, 1.165) is 20.8 Å². The van der Waals surface area contributed by atoms with E-state index < -0.39 is 5.91 Å². The number of primary amides is 1. The number of fused-ring (bicyclic) bond motifs is 3. The first-order chi connectivity index (χ1) is 9.97. The summed E-state index contributed by atoms with van der Waals surface area (Å²) in [5.74, 6) is -0.666. The van der Waals surface area contributed by atoms with Crippen LogP contribution in [-0.2, 0) is 11.3 Å². The average Bonchev–Trinajstić information content (AvgIpc) is 2.76. The van der Waals surface area contributed by atoms with E-state index in [1.54, 1.807) is 4.90 Å². The zero-order valence-electron chi connectivity index (χ0n) is 11.2. The monoisotopic (exact) mass is 344 g/mol. The number of nitrogens with zero attached hydrogens (tertiary/aromatic N) is 1. The molecule has 5 heteroatoms. The van der Waals surface area contributed by atoms with Gasteiger partial charge in [0, 0.05) is 22.2 Å². The Morgan fingerprint density at radius 1 is 1.33 bits per heavy atom. The van der Waals surface area contributed by atoms with Crippen LogP contribution in [0.4, 0.5) is 0 Å². The molecular weight excluding hydrogens is 332 g/mol. The van der Waals surface area contributed by atoms with Crippen molar-refractivity contribution in [3.8, 4) is 0 Å². The Labute approximate surface area is 130 Å². The maximum Gasteiger partial charge on any atom is 0.254 e. The molecule has 0 unspecified atom stereocenters. The van der Waals surface area contributed by atoms with Crippen LogP contribution in [0.25, 0.3) is 10.8 Å². The first kappa shape index (κ1) is 13.8. The molecule has 0 saturated carbocycles. The third kappa shape index (κ3) is 2.34. The lowest BCUT2D eigenvalue weighted by molar-refractivity contribution is -0.114. The minimum absolute atomic E-state index is 0.0886. The number of amides is 2. The minimum Gasteiger partial charge on any atom is -0.366 e. The van der Waals surface area contributed by atoms with Gasteiger partial charge >= 0.3 is 0 Å². The van der Waals surface area contributed by atoms with Gasteiger partial charge in [0.15, 0.2) is 0 Å². The van der Waals surface area contributed by atoms with Crippen LogP contribution in [-0.4, -0.2) is 23.3 Å². The molecule has 1 heterocycles. The normalized spacial score (nSPS) is 13.6. The molecule has 0 fully saturated rings. The second-order valence-electron chi connectivity index (χ2n) is 5.09. The molecule has 3 rings (SSSR count). The standard InChI is InChI=1S/C16H13BrN2O2/c1-9(15(18)20)7-19-8-14-12(16(19)21)5-3-10-2-4-11(17)6-13(10)14/h2-6H,1,7-8H2,(H2,18,20). The Kier molecular flexibility index (Phi) is 3.29. The van der Waals surface area contributed by atoms with Gasteiger partial charge in [-0.05, 0) is 34.5 Å². The fourth-order valence-electron chi connectivity index (χ4n) is 2.59. The van der Waals surface area contributed by atoms with Gasteiger partial charge in [-0.25, -0.2) is 0 Å². The van der Waals surface area contributed by atoms with Gasteiger partial charge < -0.3 is 10.6 Å². The van der Waals surface area contributed by atoms with Crippen molar-refractivity contribution in [2.45, 2.75) is 6.54 Å². The molecule has 0 radical (unpaired) electrons. The lowest BCUT2D eigenvalue weighted by Gasteiger charge is -2.15. The van der Waals surface area contributed by atoms with Crippen molar-refractivity contribution in [1.29, 1.82) is 0 Å². The Morgan fingerprint density at radius 2 is 2.05 bits per heavy atom. The zero-order chi connectivity index (χ0) is 15.1. The number of benzene rings is 2. The van der Waals surface area contributed by atoms with Crippen molar-refractivity contribution in [3.05, 3.63) is 58.1 Å². The summed E-state index contributed by atoms with van der Waals surface area (Å²) in [6.07, 6.45) is 0. The second-order valence-corrected chi connectivity index (χ2v) is 6.00. The van der Waals surface area contributed by atoms with Gasteiger partial charge in [0.1, 0.15) is 0 Å². The van der Waals surface area contributed by atoms with E-state index in [9.17, 15) is 9.59 Å². The largest absolute Gasteiger partial charge is 0.366 e. The molecule has 4 nitrogen and oxygen atoms in total. The summed E-state index contributed by atoms with van der Waals surface area (Å²) in [4.78, 5) is 25.1. The van der Waals surface area contributed by atoms with E-state index in [1.807, 2.05) is 30.3 Å². The molecule has 21 heavy (non-hydrogen) atoms. The first-order valence-corrected chi connectivity index (χ1v) is 7.24. The van der Waals surface area contributed by atoms with Crippen molar-refractivity contribution in [3.63, 3.8) is 0 Å². The lowest BCUT2D eigenvalue weighted by Crippen LogP contribution is -2.30. The third-order valence-corrected chi connectivity index (χ3v) is 4.19. The number of rotatable bonds is 3. The third-order valence-electron chi connectivity index (χ3n) is 3.69. The highest BCUT2D eigenvalue weighted by atomic mass is 79.9. The molecule has 1 aliphatic rings. The van der Waals surface area contributed by atoms with E-state index in [1.165, 1.54) is 0 Å². The molecular formula is C16H13BrN2O2. The van der Waals surface area contributed by atoms with Crippen molar-refractivity contribution < 1.29 is 9.59 Å².